The van der Waals surface area contributed by atoms with E-state index >= 15 is 0 Å². The molecule has 0 bridgehead atoms. The first-order valence-electron chi connectivity index (χ1n) is 6.29. The van der Waals surface area contributed by atoms with Crippen molar-refractivity contribution in [1.82, 2.24) is 4.98 Å². The molecular weight excluding hydrogens is 270 g/mol. The van der Waals surface area contributed by atoms with Crippen LogP contribution in [0.2, 0.25) is 0 Å². The Morgan fingerprint density at radius 1 is 1.20 bits per heavy atom. The van der Waals surface area contributed by atoms with Crippen molar-refractivity contribution in [2.24, 2.45) is 0 Å². The number of rotatable bonds is 3. The van der Waals surface area contributed by atoms with Gasteiger partial charge in [-0.05, 0) is 18.4 Å². The van der Waals surface area contributed by atoms with Crippen LogP contribution in [0.25, 0.3) is 21.7 Å². The highest BCUT2D eigenvalue weighted by Gasteiger charge is 2.09. The Balaban J connectivity index is 2.26. The first-order valence-corrected chi connectivity index (χ1v) is 7.27. The lowest BCUT2D eigenvalue weighted by molar-refractivity contribution is -0.133. The van der Waals surface area contributed by atoms with Crippen LogP contribution in [0.3, 0.4) is 0 Å². The molecule has 0 amide bonds. The number of carboxylic acid groups (broad SMARTS) is 1. The van der Waals surface area contributed by atoms with Gasteiger partial charge in [0.2, 0.25) is 0 Å². The zero-order valence-electron chi connectivity index (χ0n) is 11.0. The van der Waals surface area contributed by atoms with Crippen LogP contribution in [0, 0.1) is 6.92 Å². The smallest absolute Gasteiger partial charge is 0.313 e. The van der Waals surface area contributed by atoms with Gasteiger partial charge >= 0.3 is 5.97 Å². The molecule has 100 valence electrons. The molecule has 0 saturated heterocycles. The van der Waals surface area contributed by atoms with Crippen molar-refractivity contribution in [2.75, 3.05) is 5.75 Å². The van der Waals surface area contributed by atoms with Crippen LogP contribution < -0.4 is 0 Å². The average Bonchev–Trinajstić information content (AvgIpc) is 2.44. The molecule has 0 aliphatic rings. The number of aliphatic carboxylic acids is 1. The van der Waals surface area contributed by atoms with E-state index in [1.54, 1.807) is 0 Å². The maximum atomic E-state index is 10.8. The lowest BCUT2D eigenvalue weighted by Gasteiger charge is -2.09. The van der Waals surface area contributed by atoms with E-state index in [4.69, 9.17) is 5.11 Å². The highest BCUT2D eigenvalue weighted by Crippen LogP contribution is 2.32. The maximum absolute atomic E-state index is 10.8. The second-order valence-corrected chi connectivity index (χ2v) is 5.64. The number of thioether (sulfide) groups is 1. The fourth-order valence-corrected chi connectivity index (χ4v) is 3.16. The van der Waals surface area contributed by atoms with E-state index in [0.717, 1.165) is 32.3 Å². The molecule has 20 heavy (non-hydrogen) atoms. The molecule has 1 aromatic heterocycles. The zero-order valence-corrected chi connectivity index (χ0v) is 11.8. The number of carboxylic acids is 1. The Morgan fingerprint density at radius 2 is 2.00 bits per heavy atom. The van der Waals surface area contributed by atoms with Crippen molar-refractivity contribution in [1.29, 1.82) is 0 Å². The van der Waals surface area contributed by atoms with Gasteiger partial charge in [-0.3, -0.25) is 9.78 Å². The Kier molecular flexibility index (Phi) is 3.32. The van der Waals surface area contributed by atoms with E-state index in [-0.39, 0.29) is 5.75 Å². The summed E-state index contributed by atoms with van der Waals surface area (Å²) in [6.45, 7) is 1.94. The number of hydrogen-bond acceptors (Lipinski definition) is 3. The van der Waals surface area contributed by atoms with Crippen LogP contribution in [0.1, 0.15) is 5.69 Å². The molecule has 1 heterocycles. The maximum Gasteiger partial charge on any atom is 0.313 e. The van der Waals surface area contributed by atoms with Gasteiger partial charge in [0, 0.05) is 21.4 Å². The monoisotopic (exact) mass is 283 g/mol. The lowest BCUT2D eigenvalue weighted by atomic mass is 10.1. The number of nitrogens with zero attached hydrogens (tertiary/aromatic N) is 1. The number of fused-ring (bicyclic) bond motifs is 3. The van der Waals surface area contributed by atoms with Crippen molar-refractivity contribution in [2.45, 2.75) is 11.8 Å². The number of aromatic nitrogens is 1. The summed E-state index contributed by atoms with van der Waals surface area (Å²) in [4.78, 5) is 16.4. The molecule has 4 heteroatoms. The summed E-state index contributed by atoms with van der Waals surface area (Å²) in [5.41, 5.74) is 1.85. The molecule has 0 radical (unpaired) electrons. The van der Waals surface area contributed by atoms with Crippen LogP contribution in [0.4, 0.5) is 0 Å². The molecule has 0 aliphatic heterocycles. The Hall–Kier alpha value is -2.07. The van der Waals surface area contributed by atoms with Crippen molar-refractivity contribution in [3.63, 3.8) is 0 Å². The molecule has 1 N–H and O–H groups in total. The number of hydrogen-bond donors (Lipinski definition) is 1. The van der Waals surface area contributed by atoms with E-state index < -0.39 is 5.97 Å². The van der Waals surface area contributed by atoms with E-state index in [2.05, 4.69) is 23.2 Å². The normalized spacial score (nSPS) is 11.1. The quantitative estimate of drug-likeness (QED) is 0.585. The molecule has 0 fully saturated rings. The van der Waals surface area contributed by atoms with E-state index in [1.165, 1.54) is 11.8 Å². The summed E-state index contributed by atoms with van der Waals surface area (Å²) in [6.07, 6.45) is 0. The lowest BCUT2D eigenvalue weighted by Crippen LogP contribution is -1.98. The van der Waals surface area contributed by atoms with Crippen molar-refractivity contribution < 1.29 is 9.90 Å². The molecule has 2 aromatic carbocycles. The summed E-state index contributed by atoms with van der Waals surface area (Å²) < 4.78 is 0. The highest BCUT2D eigenvalue weighted by molar-refractivity contribution is 8.00. The SMILES string of the molecule is Cc1cc(SCC(=O)O)c2ccc3ccccc3c2n1. The third-order valence-corrected chi connectivity index (χ3v) is 4.19. The summed E-state index contributed by atoms with van der Waals surface area (Å²) in [5.74, 6) is -0.746. The van der Waals surface area contributed by atoms with Crippen LogP contribution in [0.5, 0.6) is 0 Å². The minimum absolute atomic E-state index is 0.0609. The summed E-state index contributed by atoms with van der Waals surface area (Å²) in [6, 6.07) is 14.1. The molecule has 0 saturated carbocycles. The minimum Gasteiger partial charge on any atom is -0.481 e. The second kappa shape index (κ2) is 5.13. The predicted molar refractivity (Wildman–Crippen MR) is 82.3 cm³/mol. The highest BCUT2D eigenvalue weighted by atomic mass is 32.2. The molecule has 0 aliphatic carbocycles. The molecular formula is C16H13NO2S. The van der Waals surface area contributed by atoms with Crippen molar-refractivity contribution in [3.05, 3.63) is 48.2 Å². The van der Waals surface area contributed by atoms with Crippen LogP contribution in [-0.2, 0) is 4.79 Å². The zero-order chi connectivity index (χ0) is 14.1. The molecule has 3 nitrogen and oxygen atoms in total. The van der Waals surface area contributed by atoms with Crippen LogP contribution in [-0.4, -0.2) is 21.8 Å². The first kappa shape index (κ1) is 12.9. The standard InChI is InChI=1S/C16H13NO2S/c1-10-8-14(20-9-15(18)19)13-7-6-11-4-2-3-5-12(11)16(13)17-10/h2-8H,9H2,1H3,(H,18,19). The van der Waals surface area contributed by atoms with E-state index in [0.29, 0.717) is 0 Å². The molecule has 3 rings (SSSR count). The van der Waals surface area contributed by atoms with Gasteiger partial charge in [-0.25, -0.2) is 0 Å². The first-order chi connectivity index (χ1) is 9.65. The third kappa shape index (κ3) is 2.34. The molecule has 0 atom stereocenters. The summed E-state index contributed by atoms with van der Waals surface area (Å²) in [5, 5.41) is 12.1. The number of benzene rings is 2. The number of aryl methyl sites for hydroxylation is 1. The number of pyridine rings is 1. The van der Waals surface area contributed by atoms with E-state index in [9.17, 15) is 4.79 Å². The van der Waals surface area contributed by atoms with Gasteiger partial charge in [0.05, 0.1) is 11.3 Å². The summed E-state index contributed by atoms with van der Waals surface area (Å²) in [7, 11) is 0. The minimum atomic E-state index is -0.807. The Morgan fingerprint density at radius 3 is 2.80 bits per heavy atom. The Bertz CT molecular complexity index is 814. The van der Waals surface area contributed by atoms with Crippen molar-refractivity contribution in [3.8, 4) is 0 Å². The van der Waals surface area contributed by atoms with Gasteiger partial charge in [0.25, 0.3) is 0 Å². The van der Waals surface area contributed by atoms with Gasteiger partial charge in [0.15, 0.2) is 0 Å². The van der Waals surface area contributed by atoms with Gasteiger partial charge < -0.3 is 5.11 Å². The van der Waals surface area contributed by atoms with E-state index in [1.807, 2.05) is 31.2 Å². The number of carbonyl (C=O) groups is 1. The Labute approximate surface area is 120 Å². The fraction of sp³-hybridized carbons (Fsp3) is 0.125. The largest absolute Gasteiger partial charge is 0.481 e. The fourth-order valence-electron chi connectivity index (χ4n) is 2.31. The van der Waals surface area contributed by atoms with Gasteiger partial charge in [-0.1, -0.05) is 36.4 Å². The molecule has 3 aromatic rings. The topological polar surface area (TPSA) is 50.2 Å². The van der Waals surface area contributed by atoms with Gasteiger partial charge in [-0.15, -0.1) is 11.8 Å². The third-order valence-electron chi connectivity index (χ3n) is 3.15. The van der Waals surface area contributed by atoms with Crippen molar-refractivity contribution >= 4 is 39.4 Å². The molecule has 0 spiro atoms. The second-order valence-electron chi connectivity index (χ2n) is 4.63. The van der Waals surface area contributed by atoms with Gasteiger partial charge in [0.1, 0.15) is 0 Å². The van der Waals surface area contributed by atoms with Crippen LogP contribution in [0.15, 0.2) is 47.4 Å². The predicted octanol–water partition coefficient (Wildman–Crippen LogP) is 3.87. The summed E-state index contributed by atoms with van der Waals surface area (Å²) >= 11 is 1.34. The van der Waals surface area contributed by atoms with Gasteiger partial charge in [-0.2, -0.15) is 0 Å². The average molecular weight is 283 g/mol. The van der Waals surface area contributed by atoms with Crippen LogP contribution >= 0.6 is 11.8 Å². The molecule has 0 unspecified atom stereocenters.